The third-order valence-corrected chi connectivity index (χ3v) is 2.05. The lowest BCUT2D eigenvalue weighted by molar-refractivity contribution is -0.127. The second-order valence-electron chi connectivity index (χ2n) is 3.61. The van der Waals surface area contributed by atoms with Crippen molar-refractivity contribution in [2.75, 3.05) is 34.4 Å². The van der Waals surface area contributed by atoms with Crippen molar-refractivity contribution < 1.29 is 9.53 Å². The summed E-state index contributed by atoms with van der Waals surface area (Å²) in [5, 5.41) is 3.19. The van der Waals surface area contributed by atoms with E-state index in [1.165, 1.54) is 0 Å². The van der Waals surface area contributed by atoms with Crippen LogP contribution in [0, 0.1) is 0 Å². The molecule has 0 saturated carbocycles. The molecule has 0 fully saturated rings. The van der Waals surface area contributed by atoms with Crippen molar-refractivity contribution in [2.45, 2.75) is 25.8 Å². The molecule has 0 aliphatic heterocycles. The molecule has 4 nitrogen and oxygen atoms in total. The Labute approximate surface area is 86.6 Å². The molecule has 0 aromatic heterocycles. The number of carbonyl (C=O) groups excluding carboxylic acids is 1. The minimum absolute atomic E-state index is 0.0993. The van der Waals surface area contributed by atoms with Gasteiger partial charge in [0.1, 0.15) is 0 Å². The maximum absolute atomic E-state index is 11.3. The van der Waals surface area contributed by atoms with Gasteiger partial charge in [-0.05, 0) is 6.42 Å². The average molecular weight is 202 g/mol. The van der Waals surface area contributed by atoms with Gasteiger partial charge in [0.25, 0.3) is 0 Å². The quantitative estimate of drug-likeness (QED) is 0.653. The summed E-state index contributed by atoms with van der Waals surface area (Å²) < 4.78 is 5.06. The van der Waals surface area contributed by atoms with Gasteiger partial charge in [0.2, 0.25) is 5.91 Å². The van der Waals surface area contributed by atoms with Crippen molar-refractivity contribution >= 4 is 5.91 Å². The summed E-state index contributed by atoms with van der Waals surface area (Å²) in [5.74, 6) is 0.0993. The Morgan fingerprint density at radius 2 is 2.14 bits per heavy atom. The van der Waals surface area contributed by atoms with Crippen LogP contribution in [0.25, 0.3) is 0 Å². The van der Waals surface area contributed by atoms with Gasteiger partial charge in [-0.15, -0.1) is 0 Å². The van der Waals surface area contributed by atoms with Crippen LogP contribution in [0.15, 0.2) is 0 Å². The number of likely N-dealkylation sites (N-methyl/N-ethyl adjacent to an activating group) is 1. The minimum atomic E-state index is 0.0993. The number of hydrogen-bond acceptors (Lipinski definition) is 3. The molecule has 14 heavy (non-hydrogen) atoms. The molecule has 0 aliphatic carbocycles. The van der Waals surface area contributed by atoms with E-state index in [1.54, 1.807) is 26.1 Å². The van der Waals surface area contributed by atoms with Crippen LogP contribution in [-0.2, 0) is 9.53 Å². The first-order valence-corrected chi connectivity index (χ1v) is 5.04. The first kappa shape index (κ1) is 13.4. The van der Waals surface area contributed by atoms with Crippen LogP contribution in [0.5, 0.6) is 0 Å². The molecule has 1 unspecified atom stereocenters. The van der Waals surface area contributed by atoms with E-state index in [1.807, 2.05) is 0 Å². The van der Waals surface area contributed by atoms with Gasteiger partial charge in [-0.2, -0.15) is 0 Å². The molecule has 0 heterocycles. The van der Waals surface area contributed by atoms with Crippen LogP contribution in [0.4, 0.5) is 0 Å². The molecule has 0 saturated heterocycles. The molecule has 84 valence electrons. The van der Waals surface area contributed by atoms with Gasteiger partial charge in [0.15, 0.2) is 0 Å². The zero-order chi connectivity index (χ0) is 11.0. The van der Waals surface area contributed by atoms with Crippen molar-refractivity contribution in [2.24, 2.45) is 0 Å². The highest BCUT2D eigenvalue weighted by Crippen LogP contribution is 1.96. The lowest BCUT2D eigenvalue weighted by atomic mass is 10.2. The van der Waals surface area contributed by atoms with Crippen molar-refractivity contribution in [1.82, 2.24) is 10.2 Å². The van der Waals surface area contributed by atoms with Crippen LogP contribution in [-0.4, -0.2) is 51.2 Å². The summed E-state index contributed by atoms with van der Waals surface area (Å²) in [6, 6.07) is 0.286. The number of rotatable bonds is 7. The number of nitrogens with one attached hydrogen (secondary N) is 1. The van der Waals surface area contributed by atoms with Crippen LogP contribution >= 0.6 is 0 Å². The molecule has 0 aromatic rings. The lowest BCUT2D eigenvalue weighted by Gasteiger charge is -2.18. The molecule has 0 radical (unpaired) electrons. The van der Waals surface area contributed by atoms with Gasteiger partial charge in [-0.1, -0.05) is 13.3 Å². The van der Waals surface area contributed by atoms with Crippen molar-refractivity contribution in [3.05, 3.63) is 0 Å². The molecule has 0 bridgehead atoms. The standard InChI is InChI=1S/C10H22N2O2/c1-5-6-9(8-14-4)11-7-10(13)12(2)3/h9,11H,5-8H2,1-4H3. The van der Waals surface area contributed by atoms with Gasteiger partial charge < -0.3 is 15.0 Å². The topological polar surface area (TPSA) is 41.6 Å². The Kier molecular flexibility index (Phi) is 7.42. The Bertz CT molecular complexity index is 154. The van der Waals surface area contributed by atoms with Crippen molar-refractivity contribution in [3.63, 3.8) is 0 Å². The molecule has 1 atom stereocenters. The number of carbonyl (C=O) groups is 1. The summed E-state index contributed by atoms with van der Waals surface area (Å²) in [5.41, 5.74) is 0. The van der Waals surface area contributed by atoms with Gasteiger partial charge >= 0.3 is 0 Å². The Morgan fingerprint density at radius 1 is 1.50 bits per heavy atom. The second kappa shape index (κ2) is 7.76. The third-order valence-electron chi connectivity index (χ3n) is 2.05. The van der Waals surface area contributed by atoms with Gasteiger partial charge in [-0.3, -0.25) is 4.79 Å². The molecule has 0 rings (SSSR count). The molecular formula is C10H22N2O2. The van der Waals surface area contributed by atoms with E-state index in [2.05, 4.69) is 12.2 Å². The highest BCUT2D eigenvalue weighted by Gasteiger charge is 2.09. The lowest BCUT2D eigenvalue weighted by Crippen LogP contribution is -2.40. The maximum Gasteiger partial charge on any atom is 0.236 e. The first-order valence-electron chi connectivity index (χ1n) is 5.04. The summed E-state index contributed by atoms with van der Waals surface area (Å²) in [6.45, 7) is 3.17. The summed E-state index contributed by atoms with van der Waals surface area (Å²) in [4.78, 5) is 12.9. The Balaban J connectivity index is 3.74. The molecule has 0 aromatic carbocycles. The molecule has 1 amide bonds. The third kappa shape index (κ3) is 5.94. The van der Waals surface area contributed by atoms with Crippen LogP contribution in [0.2, 0.25) is 0 Å². The molecule has 0 spiro atoms. The van der Waals surface area contributed by atoms with Crippen LogP contribution < -0.4 is 5.32 Å². The molecule has 1 N–H and O–H groups in total. The highest BCUT2D eigenvalue weighted by atomic mass is 16.5. The van der Waals surface area contributed by atoms with E-state index >= 15 is 0 Å². The average Bonchev–Trinajstić information content (AvgIpc) is 2.14. The summed E-state index contributed by atoms with van der Waals surface area (Å²) in [7, 11) is 5.20. The number of hydrogen-bond donors (Lipinski definition) is 1. The molecular weight excluding hydrogens is 180 g/mol. The monoisotopic (exact) mass is 202 g/mol. The fourth-order valence-electron chi connectivity index (χ4n) is 1.18. The largest absolute Gasteiger partial charge is 0.383 e. The summed E-state index contributed by atoms with van der Waals surface area (Å²) >= 11 is 0. The van der Waals surface area contributed by atoms with E-state index in [9.17, 15) is 4.79 Å². The predicted molar refractivity (Wildman–Crippen MR) is 57.3 cm³/mol. The van der Waals surface area contributed by atoms with Crippen molar-refractivity contribution in [3.8, 4) is 0 Å². The van der Waals surface area contributed by atoms with E-state index in [0.717, 1.165) is 12.8 Å². The second-order valence-corrected chi connectivity index (χ2v) is 3.61. The normalized spacial score (nSPS) is 12.6. The van der Waals surface area contributed by atoms with Crippen molar-refractivity contribution in [1.29, 1.82) is 0 Å². The zero-order valence-corrected chi connectivity index (χ0v) is 9.67. The molecule has 4 heteroatoms. The minimum Gasteiger partial charge on any atom is -0.383 e. The van der Waals surface area contributed by atoms with Gasteiger partial charge in [0.05, 0.1) is 13.2 Å². The zero-order valence-electron chi connectivity index (χ0n) is 9.67. The van der Waals surface area contributed by atoms with E-state index < -0.39 is 0 Å². The predicted octanol–water partition coefficient (Wildman–Crippen LogP) is 0.479. The van der Waals surface area contributed by atoms with E-state index in [-0.39, 0.29) is 11.9 Å². The number of methoxy groups -OCH3 is 1. The molecule has 0 aliphatic rings. The van der Waals surface area contributed by atoms with E-state index in [0.29, 0.717) is 13.2 Å². The van der Waals surface area contributed by atoms with Crippen LogP contribution in [0.1, 0.15) is 19.8 Å². The maximum atomic E-state index is 11.3. The fourth-order valence-corrected chi connectivity index (χ4v) is 1.18. The smallest absolute Gasteiger partial charge is 0.236 e. The summed E-state index contributed by atoms with van der Waals surface area (Å²) in [6.07, 6.45) is 2.13. The van der Waals surface area contributed by atoms with Gasteiger partial charge in [0, 0.05) is 27.2 Å². The highest BCUT2D eigenvalue weighted by molar-refractivity contribution is 5.77. The fraction of sp³-hybridized carbons (Fsp3) is 0.900. The Morgan fingerprint density at radius 3 is 2.57 bits per heavy atom. The first-order chi connectivity index (χ1) is 6.61. The SMILES string of the molecule is CCCC(COC)NCC(=O)N(C)C. The number of nitrogens with zero attached hydrogens (tertiary/aromatic N) is 1. The number of amides is 1. The Hall–Kier alpha value is -0.610. The number of ether oxygens (including phenoxy) is 1. The van der Waals surface area contributed by atoms with Gasteiger partial charge in [-0.25, -0.2) is 0 Å². The van der Waals surface area contributed by atoms with E-state index in [4.69, 9.17) is 4.74 Å². The van der Waals surface area contributed by atoms with Crippen LogP contribution in [0.3, 0.4) is 0 Å².